The fraction of sp³-hybridized carbons (Fsp3) is 0.379. The van der Waals surface area contributed by atoms with E-state index >= 15 is 0 Å². The summed E-state index contributed by atoms with van der Waals surface area (Å²) in [6, 6.07) is 14.4. The van der Waals surface area contributed by atoms with Gasteiger partial charge < -0.3 is 14.2 Å². The summed E-state index contributed by atoms with van der Waals surface area (Å²) in [6.45, 7) is 5.51. The molecule has 4 atom stereocenters. The van der Waals surface area contributed by atoms with Crippen LogP contribution in [0.1, 0.15) is 50.2 Å². The van der Waals surface area contributed by atoms with E-state index in [2.05, 4.69) is 0 Å². The van der Waals surface area contributed by atoms with Crippen molar-refractivity contribution in [1.29, 1.82) is 0 Å². The molecule has 0 radical (unpaired) electrons. The van der Waals surface area contributed by atoms with E-state index in [1.807, 2.05) is 24.3 Å². The first kappa shape index (κ1) is 26.6. The van der Waals surface area contributed by atoms with Crippen LogP contribution in [0.4, 0.5) is 0 Å². The minimum Gasteiger partial charge on any atom is -0.497 e. The lowest BCUT2D eigenvalue weighted by Gasteiger charge is -2.41. The van der Waals surface area contributed by atoms with Gasteiger partial charge in [-0.25, -0.2) is 4.79 Å². The van der Waals surface area contributed by atoms with Crippen LogP contribution in [0.15, 0.2) is 64.8 Å². The zero-order chi connectivity index (χ0) is 26.7. The summed E-state index contributed by atoms with van der Waals surface area (Å²) >= 11 is 6.14. The largest absolute Gasteiger partial charge is 0.497 e. The molecule has 1 heterocycles. The van der Waals surface area contributed by atoms with Gasteiger partial charge in [-0.1, -0.05) is 35.9 Å². The number of hydrogen-bond donors (Lipinski definition) is 0. The summed E-state index contributed by atoms with van der Waals surface area (Å²) in [4.78, 5) is 45.4. The van der Waals surface area contributed by atoms with Crippen molar-refractivity contribution in [1.82, 2.24) is 0 Å². The van der Waals surface area contributed by atoms with Gasteiger partial charge in [-0.2, -0.15) is 0 Å². The molecule has 1 unspecified atom stereocenters. The van der Waals surface area contributed by atoms with Crippen molar-refractivity contribution in [2.75, 3.05) is 20.3 Å². The number of halogens is 1. The Labute approximate surface area is 221 Å². The van der Waals surface area contributed by atoms with Crippen LogP contribution in [0.2, 0.25) is 5.02 Å². The van der Waals surface area contributed by atoms with Gasteiger partial charge in [-0.05, 0) is 62.6 Å². The van der Waals surface area contributed by atoms with Gasteiger partial charge in [0.1, 0.15) is 11.7 Å². The summed E-state index contributed by atoms with van der Waals surface area (Å²) in [5.41, 5.74) is 2.95. The second kappa shape index (κ2) is 11.3. The molecular formula is C29H30ClNO6. The highest BCUT2D eigenvalue weighted by molar-refractivity contribution is 6.30. The number of allylic oxidation sites excluding steroid dienone is 1. The Hall–Kier alpha value is -3.45. The third-order valence-corrected chi connectivity index (χ3v) is 7.19. The molecule has 7 nitrogen and oxygen atoms in total. The minimum absolute atomic E-state index is 0.146. The molecule has 8 heteroatoms. The second-order valence-corrected chi connectivity index (χ2v) is 9.49. The molecule has 194 valence electrons. The lowest BCUT2D eigenvalue weighted by Crippen LogP contribution is -2.48. The zero-order valence-corrected chi connectivity index (χ0v) is 22.1. The Morgan fingerprint density at radius 2 is 1.70 bits per heavy atom. The molecule has 1 saturated carbocycles. The molecular weight excluding hydrogens is 494 g/mol. The molecule has 0 bridgehead atoms. The minimum atomic E-state index is -1.06. The van der Waals surface area contributed by atoms with Gasteiger partial charge in [-0.3, -0.25) is 14.6 Å². The number of fused-ring (bicyclic) bond motifs is 1. The molecule has 1 aliphatic heterocycles. The van der Waals surface area contributed by atoms with E-state index < -0.39 is 35.6 Å². The zero-order valence-electron chi connectivity index (χ0n) is 21.3. The van der Waals surface area contributed by atoms with Crippen molar-refractivity contribution in [3.63, 3.8) is 0 Å². The number of esters is 2. The molecule has 37 heavy (non-hydrogen) atoms. The third kappa shape index (κ3) is 5.18. The van der Waals surface area contributed by atoms with Gasteiger partial charge in [0, 0.05) is 28.3 Å². The van der Waals surface area contributed by atoms with E-state index in [1.165, 1.54) is 0 Å². The van der Waals surface area contributed by atoms with Crippen LogP contribution >= 0.6 is 11.6 Å². The molecule has 2 aromatic carbocycles. The number of ether oxygens (including phenoxy) is 3. The third-order valence-electron chi connectivity index (χ3n) is 6.94. The number of hydrogen-bond acceptors (Lipinski definition) is 7. The van der Waals surface area contributed by atoms with Crippen molar-refractivity contribution >= 4 is 35.0 Å². The maximum atomic E-state index is 14.3. The number of carbonyl (C=O) groups is 3. The Bertz CT molecular complexity index is 1270. The van der Waals surface area contributed by atoms with Crippen molar-refractivity contribution in [2.24, 2.45) is 16.8 Å². The number of nitrogens with zero attached hydrogens (tertiary/aromatic N) is 1. The fourth-order valence-corrected chi connectivity index (χ4v) is 5.50. The predicted molar refractivity (Wildman–Crippen MR) is 140 cm³/mol. The monoisotopic (exact) mass is 523 g/mol. The average Bonchev–Trinajstić information content (AvgIpc) is 2.88. The summed E-state index contributed by atoms with van der Waals surface area (Å²) in [7, 11) is 1.57. The van der Waals surface area contributed by atoms with Gasteiger partial charge >= 0.3 is 11.9 Å². The molecule has 1 aliphatic carbocycles. The summed E-state index contributed by atoms with van der Waals surface area (Å²) < 4.78 is 16.1. The fourth-order valence-electron chi connectivity index (χ4n) is 5.37. The quantitative estimate of drug-likeness (QED) is 0.362. The number of carbonyl (C=O) groups excluding carboxylic acids is 3. The lowest BCUT2D eigenvalue weighted by molar-refractivity contribution is -0.153. The normalized spacial score (nSPS) is 23.2. The standard InChI is InChI=1S/C29H30ClNO6/c1-5-36-28(33)23-16(3)31-22-15-21(18-8-7-9-20(14-18)35-4)25(29(34)37-6-2)27(32)26(22)24(23)17-10-12-19(30)13-11-17/h7-14,21,24-26H,5-6,15H2,1-4H3/t21-,24+,25-,26?/m0/s1. The maximum Gasteiger partial charge on any atom is 0.336 e. The van der Waals surface area contributed by atoms with Gasteiger partial charge in [0.25, 0.3) is 0 Å². The molecule has 2 aliphatic rings. The van der Waals surface area contributed by atoms with Crippen molar-refractivity contribution in [3.05, 3.63) is 76.0 Å². The van der Waals surface area contributed by atoms with E-state index in [4.69, 9.17) is 30.8 Å². The highest BCUT2D eigenvalue weighted by atomic mass is 35.5. The van der Waals surface area contributed by atoms with E-state index in [1.54, 1.807) is 52.1 Å². The molecule has 0 aromatic heterocycles. The number of methoxy groups -OCH3 is 1. The number of rotatable bonds is 7. The van der Waals surface area contributed by atoms with Crippen molar-refractivity contribution < 1.29 is 28.6 Å². The summed E-state index contributed by atoms with van der Waals surface area (Å²) in [6.07, 6.45) is 0.352. The first-order valence-corrected chi connectivity index (χ1v) is 12.7. The molecule has 1 fully saturated rings. The van der Waals surface area contributed by atoms with Crippen LogP contribution in [0.5, 0.6) is 5.75 Å². The summed E-state index contributed by atoms with van der Waals surface area (Å²) in [5, 5.41) is 0.532. The number of ketones is 1. The SMILES string of the molecule is CCOC(=O)C1=C(C)N=C2C[C@@H](c3cccc(OC)c3)[C@H](C(=O)OCC)C(=O)C2[C@@H]1c1ccc(Cl)cc1. The van der Waals surface area contributed by atoms with Crippen LogP contribution in [0.3, 0.4) is 0 Å². The molecule has 0 saturated heterocycles. The smallest absolute Gasteiger partial charge is 0.336 e. The van der Waals surface area contributed by atoms with Crippen LogP contribution in [0.25, 0.3) is 0 Å². The van der Waals surface area contributed by atoms with E-state index in [-0.39, 0.29) is 19.0 Å². The van der Waals surface area contributed by atoms with Crippen LogP contribution in [0, 0.1) is 11.8 Å². The molecule has 0 amide bonds. The van der Waals surface area contributed by atoms with E-state index in [0.717, 1.165) is 11.1 Å². The maximum absolute atomic E-state index is 14.3. The van der Waals surface area contributed by atoms with Gasteiger partial charge in [0.15, 0.2) is 5.78 Å². The van der Waals surface area contributed by atoms with E-state index in [0.29, 0.717) is 34.2 Å². The van der Waals surface area contributed by atoms with Crippen LogP contribution in [-0.4, -0.2) is 43.8 Å². The second-order valence-electron chi connectivity index (χ2n) is 9.05. The topological polar surface area (TPSA) is 91.3 Å². The Kier molecular flexibility index (Phi) is 8.13. The summed E-state index contributed by atoms with van der Waals surface area (Å²) in [5.74, 6) is -3.85. The number of aliphatic imine (C=N–C) groups is 1. The van der Waals surface area contributed by atoms with Gasteiger partial charge in [0.05, 0.1) is 31.8 Å². The van der Waals surface area contributed by atoms with E-state index in [9.17, 15) is 14.4 Å². The number of benzene rings is 2. The Morgan fingerprint density at radius 3 is 2.35 bits per heavy atom. The van der Waals surface area contributed by atoms with Crippen molar-refractivity contribution in [3.8, 4) is 5.75 Å². The lowest BCUT2D eigenvalue weighted by atomic mass is 9.62. The molecule has 2 aromatic rings. The molecule has 0 spiro atoms. The van der Waals surface area contributed by atoms with Crippen LogP contribution in [-0.2, 0) is 23.9 Å². The predicted octanol–water partition coefficient (Wildman–Crippen LogP) is 5.28. The Morgan fingerprint density at radius 1 is 1.00 bits per heavy atom. The van der Waals surface area contributed by atoms with Gasteiger partial charge in [-0.15, -0.1) is 0 Å². The first-order valence-electron chi connectivity index (χ1n) is 12.4. The highest BCUT2D eigenvalue weighted by Crippen LogP contribution is 2.48. The van der Waals surface area contributed by atoms with Gasteiger partial charge in [0.2, 0.25) is 0 Å². The first-order chi connectivity index (χ1) is 17.8. The molecule has 4 rings (SSSR count). The van der Waals surface area contributed by atoms with Crippen LogP contribution < -0.4 is 4.74 Å². The molecule has 0 N–H and O–H groups in total. The highest BCUT2D eigenvalue weighted by Gasteiger charge is 2.53. The van der Waals surface area contributed by atoms with Crippen molar-refractivity contribution in [2.45, 2.75) is 39.0 Å². The number of Topliss-reactive ketones (excluding diaryl/α,β-unsaturated/α-hetero) is 1. The Balaban J connectivity index is 1.89. The average molecular weight is 524 g/mol.